The number of carbonyl (C=O) groups excluding carboxylic acids is 1. The van der Waals surface area contributed by atoms with Crippen LogP contribution in [0, 0.1) is 17.8 Å². The van der Waals surface area contributed by atoms with E-state index in [1.165, 1.54) is 18.4 Å². The molecule has 0 aromatic heterocycles. The molecule has 0 spiro atoms. The minimum atomic E-state index is 0.0225. The summed E-state index contributed by atoms with van der Waals surface area (Å²) < 4.78 is 5.50. The van der Waals surface area contributed by atoms with Crippen molar-refractivity contribution in [2.45, 2.75) is 38.7 Å². The molecule has 2 bridgehead atoms. The molecule has 76 valence electrons. The second kappa shape index (κ2) is 2.85. The lowest BCUT2D eigenvalue weighted by atomic mass is 9.79. The Morgan fingerprint density at radius 3 is 3.14 bits per heavy atom. The molecule has 0 unspecified atom stereocenters. The molecule has 3 rings (SSSR count). The van der Waals surface area contributed by atoms with Crippen LogP contribution in [0.1, 0.15) is 32.6 Å². The molecule has 2 saturated carbocycles. The Morgan fingerprint density at radius 2 is 2.36 bits per heavy atom. The molecule has 3 aliphatic rings. The van der Waals surface area contributed by atoms with E-state index < -0.39 is 0 Å². The van der Waals surface area contributed by atoms with Crippen molar-refractivity contribution in [3.63, 3.8) is 0 Å². The maximum atomic E-state index is 11.2. The molecule has 1 aliphatic heterocycles. The van der Waals surface area contributed by atoms with Crippen LogP contribution in [0.5, 0.6) is 0 Å². The Morgan fingerprint density at radius 1 is 1.50 bits per heavy atom. The van der Waals surface area contributed by atoms with Gasteiger partial charge in [-0.15, -0.1) is 0 Å². The smallest absolute Gasteiger partial charge is 0.306 e. The third-order valence-corrected chi connectivity index (χ3v) is 4.28. The monoisotopic (exact) mass is 192 g/mol. The zero-order valence-electron chi connectivity index (χ0n) is 8.53. The minimum absolute atomic E-state index is 0.0225. The number of allylic oxidation sites excluding steroid dienone is 1. The van der Waals surface area contributed by atoms with E-state index in [2.05, 4.69) is 13.0 Å². The van der Waals surface area contributed by atoms with Crippen molar-refractivity contribution in [2.75, 3.05) is 0 Å². The van der Waals surface area contributed by atoms with Gasteiger partial charge in [-0.25, -0.2) is 0 Å². The molecule has 3 fully saturated rings. The number of hydrogen-bond donors (Lipinski definition) is 0. The standard InChI is InChI=1S/C12H16O2/c1-2-7-5-8-6-10(7)12-9(8)3-4-11(13)14-12/h2,8-10,12H,3-6H2,1H3/b7-2+/t8-,9+,10-,12+/m1/s1. The Hall–Kier alpha value is -0.790. The summed E-state index contributed by atoms with van der Waals surface area (Å²) in [7, 11) is 0. The van der Waals surface area contributed by atoms with Gasteiger partial charge in [0, 0.05) is 18.3 Å². The van der Waals surface area contributed by atoms with Gasteiger partial charge in [0.15, 0.2) is 0 Å². The van der Waals surface area contributed by atoms with Crippen molar-refractivity contribution in [1.29, 1.82) is 0 Å². The number of hydrogen-bond acceptors (Lipinski definition) is 2. The van der Waals surface area contributed by atoms with E-state index in [1.54, 1.807) is 0 Å². The molecule has 1 saturated heterocycles. The fraction of sp³-hybridized carbons (Fsp3) is 0.750. The van der Waals surface area contributed by atoms with E-state index in [0.29, 0.717) is 18.3 Å². The van der Waals surface area contributed by atoms with Crippen LogP contribution in [0.4, 0.5) is 0 Å². The molecule has 0 radical (unpaired) electrons. The third-order valence-electron chi connectivity index (χ3n) is 4.28. The van der Waals surface area contributed by atoms with E-state index in [9.17, 15) is 4.79 Å². The van der Waals surface area contributed by atoms with Gasteiger partial charge in [-0.2, -0.15) is 0 Å². The van der Waals surface area contributed by atoms with Crippen LogP contribution in [-0.4, -0.2) is 12.1 Å². The van der Waals surface area contributed by atoms with Crippen LogP contribution in [-0.2, 0) is 9.53 Å². The summed E-state index contributed by atoms with van der Waals surface area (Å²) in [5.74, 6) is 2.08. The van der Waals surface area contributed by atoms with E-state index in [4.69, 9.17) is 4.74 Å². The van der Waals surface area contributed by atoms with E-state index in [1.807, 2.05) is 0 Å². The Kier molecular flexibility index (Phi) is 1.73. The van der Waals surface area contributed by atoms with Gasteiger partial charge in [0.2, 0.25) is 0 Å². The van der Waals surface area contributed by atoms with Crippen molar-refractivity contribution >= 4 is 5.97 Å². The Labute approximate surface area is 84.3 Å². The molecule has 0 aromatic rings. The van der Waals surface area contributed by atoms with Crippen molar-refractivity contribution < 1.29 is 9.53 Å². The summed E-state index contributed by atoms with van der Waals surface area (Å²) in [5.41, 5.74) is 1.53. The second-order valence-corrected chi connectivity index (χ2v) is 4.83. The summed E-state index contributed by atoms with van der Waals surface area (Å²) in [6, 6.07) is 0. The Balaban J connectivity index is 1.88. The van der Waals surface area contributed by atoms with E-state index >= 15 is 0 Å². The van der Waals surface area contributed by atoms with Crippen molar-refractivity contribution in [1.82, 2.24) is 0 Å². The predicted octanol–water partition coefficient (Wildman–Crippen LogP) is 2.29. The number of fused-ring (bicyclic) bond motifs is 5. The maximum Gasteiger partial charge on any atom is 0.306 e. The number of esters is 1. The lowest BCUT2D eigenvalue weighted by Gasteiger charge is -2.35. The molecule has 0 amide bonds. The summed E-state index contributed by atoms with van der Waals surface area (Å²) >= 11 is 0. The molecule has 2 nitrogen and oxygen atoms in total. The molecule has 0 aromatic carbocycles. The van der Waals surface area contributed by atoms with Crippen LogP contribution < -0.4 is 0 Å². The van der Waals surface area contributed by atoms with E-state index in [0.717, 1.165) is 12.3 Å². The highest BCUT2D eigenvalue weighted by atomic mass is 16.5. The lowest BCUT2D eigenvalue weighted by molar-refractivity contribution is -0.160. The molecule has 2 aliphatic carbocycles. The van der Waals surface area contributed by atoms with Gasteiger partial charge >= 0.3 is 5.97 Å². The molecule has 2 heteroatoms. The first-order valence-corrected chi connectivity index (χ1v) is 5.64. The molecule has 0 N–H and O–H groups in total. The predicted molar refractivity (Wildman–Crippen MR) is 52.6 cm³/mol. The number of rotatable bonds is 0. The van der Waals surface area contributed by atoms with Gasteiger partial charge in [-0.3, -0.25) is 4.79 Å². The average molecular weight is 192 g/mol. The van der Waals surface area contributed by atoms with Gasteiger partial charge in [0.25, 0.3) is 0 Å². The Bertz CT molecular complexity index is 305. The largest absolute Gasteiger partial charge is 0.461 e. The fourth-order valence-corrected chi connectivity index (χ4v) is 3.65. The highest BCUT2D eigenvalue weighted by molar-refractivity contribution is 5.70. The molecule has 14 heavy (non-hydrogen) atoms. The van der Waals surface area contributed by atoms with Gasteiger partial charge in [-0.05, 0) is 32.1 Å². The normalized spacial score (nSPS) is 48.1. The first-order chi connectivity index (χ1) is 6.79. The quantitative estimate of drug-likeness (QED) is 0.435. The topological polar surface area (TPSA) is 26.3 Å². The van der Waals surface area contributed by atoms with Crippen LogP contribution in [0.2, 0.25) is 0 Å². The van der Waals surface area contributed by atoms with E-state index in [-0.39, 0.29) is 12.1 Å². The average Bonchev–Trinajstić information content (AvgIpc) is 2.74. The summed E-state index contributed by atoms with van der Waals surface area (Å²) in [5, 5.41) is 0. The van der Waals surface area contributed by atoms with Crippen LogP contribution >= 0.6 is 0 Å². The third kappa shape index (κ3) is 0.999. The SMILES string of the molecule is C/C=C1\C[C@@H]2C[C@H]1[C@H]1OC(=O)CC[C@@H]21. The summed E-state index contributed by atoms with van der Waals surface area (Å²) in [6.07, 6.45) is 6.71. The van der Waals surface area contributed by atoms with Gasteiger partial charge in [-0.1, -0.05) is 11.6 Å². The van der Waals surface area contributed by atoms with Gasteiger partial charge < -0.3 is 4.74 Å². The van der Waals surface area contributed by atoms with Crippen LogP contribution in [0.25, 0.3) is 0 Å². The second-order valence-electron chi connectivity index (χ2n) is 4.83. The zero-order valence-corrected chi connectivity index (χ0v) is 8.53. The highest BCUT2D eigenvalue weighted by Gasteiger charge is 2.53. The molecule has 4 atom stereocenters. The lowest BCUT2D eigenvalue weighted by Crippen LogP contribution is -2.37. The first kappa shape index (κ1) is 8.51. The van der Waals surface area contributed by atoms with Crippen LogP contribution in [0.3, 0.4) is 0 Å². The molecular formula is C12H16O2. The summed E-state index contributed by atoms with van der Waals surface area (Å²) in [4.78, 5) is 11.2. The van der Waals surface area contributed by atoms with Crippen molar-refractivity contribution in [2.24, 2.45) is 17.8 Å². The van der Waals surface area contributed by atoms with Gasteiger partial charge in [0.1, 0.15) is 6.10 Å². The molecule has 1 heterocycles. The van der Waals surface area contributed by atoms with Gasteiger partial charge in [0.05, 0.1) is 0 Å². The summed E-state index contributed by atoms with van der Waals surface area (Å²) in [6.45, 7) is 2.11. The molecular weight excluding hydrogens is 176 g/mol. The van der Waals surface area contributed by atoms with Crippen molar-refractivity contribution in [3.8, 4) is 0 Å². The first-order valence-electron chi connectivity index (χ1n) is 5.64. The maximum absolute atomic E-state index is 11.2. The van der Waals surface area contributed by atoms with Crippen molar-refractivity contribution in [3.05, 3.63) is 11.6 Å². The number of ether oxygens (including phenoxy) is 1. The fourth-order valence-electron chi connectivity index (χ4n) is 3.65. The zero-order chi connectivity index (χ0) is 9.71. The number of carbonyl (C=O) groups is 1. The highest BCUT2D eigenvalue weighted by Crippen LogP contribution is 2.55. The van der Waals surface area contributed by atoms with Crippen LogP contribution in [0.15, 0.2) is 11.6 Å². The minimum Gasteiger partial charge on any atom is -0.461 e.